The zero-order chi connectivity index (χ0) is 11.2. The molecule has 0 radical (unpaired) electrons. The van der Waals surface area contributed by atoms with Crippen molar-refractivity contribution in [1.82, 2.24) is 4.98 Å². The standard InChI is InChI=1S/C5H3ClN3.BF4/c6-5-2-1-4(9-7)3-8-5;2-1(3,4)5/h1-3H;/q+1;-1. The maximum atomic E-state index is 9.75. The molecule has 0 spiro atoms. The van der Waals surface area contributed by atoms with Crippen LogP contribution in [0.25, 0.3) is 4.98 Å². The lowest BCUT2D eigenvalue weighted by Gasteiger charge is -1.94. The molecule has 0 aliphatic rings. The molecule has 3 nitrogen and oxygen atoms in total. The molecule has 0 aliphatic carbocycles. The average molecular weight is 227 g/mol. The van der Waals surface area contributed by atoms with Gasteiger partial charge in [-0.05, 0) is 6.07 Å². The van der Waals surface area contributed by atoms with Gasteiger partial charge < -0.3 is 17.3 Å². The van der Waals surface area contributed by atoms with Crippen LogP contribution >= 0.6 is 11.6 Å². The van der Waals surface area contributed by atoms with Gasteiger partial charge in [0.1, 0.15) is 11.3 Å². The number of aromatic nitrogens is 1. The Morgan fingerprint density at radius 1 is 1.29 bits per heavy atom. The van der Waals surface area contributed by atoms with Crippen molar-refractivity contribution in [3.05, 3.63) is 28.5 Å². The smallest absolute Gasteiger partial charge is 0.418 e. The Morgan fingerprint density at radius 2 is 1.79 bits per heavy atom. The second-order valence-electron chi connectivity index (χ2n) is 1.93. The van der Waals surface area contributed by atoms with Crippen molar-refractivity contribution < 1.29 is 17.3 Å². The van der Waals surface area contributed by atoms with Crippen LogP contribution in [0.5, 0.6) is 0 Å². The Bertz CT molecular complexity index is 313. The number of hydrogen-bond donors (Lipinski definition) is 0. The fraction of sp³-hybridized carbons (Fsp3) is 0. The molecule has 1 heterocycles. The van der Waals surface area contributed by atoms with Gasteiger partial charge in [0.2, 0.25) is 5.39 Å². The maximum Gasteiger partial charge on any atom is 0.673 e. The highest BCUT2D eigenvalue weighted by Gasteiger charge is 2.20. The van der Waals surface area contributed by atoms with E-state index in [-0.39, 0.29) is 0 Å². The predicted octanol–water partition coefficient (Wildman–Crippen LogP) is 3.52. The number of hydrogen-bond acceptors (Lipinski definition) is 2. The van der Waals surface area contributed by atoms with Gasteiger partial charge in [0, 0.05) is 6.07 Å². The van der Waals surface area contributed by atoms with Crippen molar-refractivity contribution in [1.29, 1.82) is 5.39 Å². The number of diazo groups is 1. The van der Waals surface area contributed by atoms with Crippen molar-refractivity contribution in [2.45, 2.75) is 0 Å². The minimum absolute atomic E-state index is 0.391. The van der Waals surface area contributed by atoms with Crippen LogP contribution < -0.4 is 0 Å². The van der Waals surface area contributed by atoms with E-state index >= 15 is 0 Å². The molecule has 1 aromatic rings. The van der Waals surface area contributed by atoms with E-state index in [4.69, 9.17) is 17.0 Å². The van der Waals surface area contributed by atoms with Crippen LogP contribution in [0.2, 0.25) is 5.15 Å². The van der Waals surface area contributed by atoms with Crippen LogP contribution in [0.3, 0.4) is 0 Å². The Morgan fingerprint density at radius 3 is 2.07 bits per heavy atom. The summed E-state index contributed by atoms with van der Waals surface area (Å²) in [6, 6.07) is 3.12. The third-order valence-corrected chi connectivity index (χ3v) is 1.05. The molecule has 0 N–H and O–H groups in total. The normalized spacial score (nSPS) is 9.71. The van der Waals surface area contributed by atoms with Crippen molar-refractivity contribution in [3.63, 3.8) is 0 Å². The van der Waals surface area contributed by atoms with Crippen molar-refractivity contribution in [3.8, 4) is 0 Å². The molecule has 0 saturated carbocycles. The lowest BCUT2D eigenvalue weighted by molar-refractivity contribution is 0.368. The molecule has 0 aromatic carbocycles. The van der Waals surface area contributed by atoms with Crippen LogP contribution in [0.15, 0.2) is 18.3 Å². The summed E-state index contributed by atoms with van der Waals surface area (Å²) in [5.74, 6) is 0. The van der Waals surface area contributed by atoms with Gasteiger partial charge in [-0.25, -0.2) is 4.98 Å². The Labute approximate surface area is 81.4 Å². The average Bonchev–Trinajstić information content (AvgIpc) is 2.03. The molecule has 0 atom stereocenters. The van der Waals surface area contributed by atoms with E-state index in [1.807, 2.05) is 0 Å². The third-order valence-electron chi connectivity index (χ3n) is 0.827. The zero-order valence-electron chi connectivity index (χ0n) is 6.54. The second kappa shape index (κ2) is 5.39. The van der Waals surface area contributed by atoms with Gasteiger partial charge in [-0.15, -0.1) is 0 Å². The van der Waals surface area contributed by atoms with Crippen molar-refractivity contribution in [2.24, 2.45) is 0 Å². The molecule has 0 aliphatic heterocycles. The first-order chi connectivity index (χ1) is 6.33. The van der Waals surface area contributed by atoms with Crippen LogP contribution in [-0.2, 0) is 0 Å². The Balaban J connectivity index is 0.000000292. The minimum Gasteiger partial charge on any atom is -0.418 e. The van der Waals surface area contributed by atoms with Gasteiger partial charge in [-0.3, -0.25) is 0 Å². The molecule has 0 amide bonds. The van der Waals surface area contributed by atoms with Gasteiger partial charge in [-0.2, -0.15) is 0 Å². The van der Waals surface area contributed by atoms with Crippen LogP contribution in [0, 0.1) is 5.39 Å². The van der Waals surface area contributed by atoms with Gasteiger partial charge >= 0.3 is 12.9 Å². The quantitative estimate of drug-likeness (QED) is 0.294. The Kier molecular flexibility index (Phi) is 4.87. The highest BCUT2D eigenvalue weighted by molar-refractivity contribution is 6.50. The summed E-state index contributed by atoms with van der Waals surface area (Å²) in [5, 5.41) is 8.56. The number of rotatable bonds is 0. The van der Waals surface area contributed by atoms with Gasteiger partial charge in [0.05, 0.1) is 0 Å². The first-order valence-electron chi connectivity index (χ1n) is 3.17. The molecular weight excluding hydrogens is 224 g/mol. The van der Waals surface area contributed by atoms with Crippen molar-refractivity contribution in [2.75, 3.05) is 0 Å². The first-order valence-corrected chi connectivity index (χ1v) is 3.54. The monoisotopic (exact) mass is 227 g/mol. The lowest BCUT2D eigenvalue weighted by Crippen LogP contribution is -2.02. The van der Waals surface area contributed by atoms with Gasteiger partial charge in [0.15, 0.2) is 4.98 Å². The molecular formula is C5H3BClF4N3. The zero-order valence-corrected chi connectivity index (χ0v) is 7.30. The molecule has 0 saturated heterocycles. The summed E-state index contributed by atoms with van der Waals surface area (Å²) < 4.78 is 39.0. The number of halogens is 5. The van der Waals surface area contributed by atoms with Crippen molar-refractivity contribution >= 4 is 24.5 Å². The summed E-state index contributed by atoms with van der Waals surface area (Å²) >= 11 is 5.43. The fourth-order valence-electron chi connectivity index (χ4n) is 0.427. The third kappa shape index (κ3) is 8.74. The summed E-state index contributed by atoms with van der Waals surface area (Å²) in [7, 11) is -6.00. The molecule has 1 aromatic heterocycles. The number of nitrogens with zero attached hydrogens (tertiary/aromatic N) is 3. The van der Waals surface area contributed by atoms with E-state index in [1.54, 1.807) is 12.1 Å². The van der Waals surface area contributed by atoms with E-state index in [0.717, 1.165) is 0 Å². The maximum absolute atomic E-state index is 9.75. The predicted molar refractivity (Wildman–Crippen MR) is 44.2 cm³/mol. The first kappa shape index (κ1) is 12.6. The van der Waals surface area contributed by atoms with E-state index in [2.05, 4.69) is 9.96 Å². The molecule has 14 heavy (non-hydrogen) atoms. The lowest BCUT2D eigenvalue weighted by atomic mass is 10.3. The summed E-state index contributed by atoms with van der Waals surface area (Å²) in [6.45, 7) is 0. The minimum atomic E-state index is -6.00. The fourth-order valence-corrected chi connectivity index (χ4v) is 0.539. The highest BCUT2D eigenvalue weighted by Crippen LogP contribution is 2.11. The molecule has 9 heteroatoms. The van der Waals surface area contributed by atoms with Crippen LogP contribution in [0.4, 0.5) is 23.0 Å². The number of pyridine rings is 1. The Hall–Kier alpha value is -1.36. The van der Waals surface area contributed by atoms with E-state index in [1.165, 1.54) is 6.20 Å². The molecule has 0 unspecified atom stereocenters. The van der Waals surface area contributed by atoms with E-state index in [0.29, 0.717) is 10.8 Å². The molecule has 1 rings (SSSR count). The van der Waals surface area contributed by atoms with Gasteiger partial charge in [-0.1, -0.05) is 11.6 Å². The summed E-state index contributed by atoms with van der Waals surface area (Å²) in [5.41, 5.74) is 0.402. The second-order valence-corrected chi connectivity index (χ2v) is 2.32. The van der Waals surface area contributed by atoms with E-state index < -0.39 is 7.25 Å². The highest BCUT2D eigenvalue weighted by atomic mass is 35.5. The molecule has 76 valence electrons. The molecule has 0 bridgehead atoms. The summed E-state index contributed by atoms with van der Waals surface area (Å²) in [6.07, 6.45) is 1.38. The van der Waals surface area contributed by atoms with E-state index in [9.17, 15) is 17.3 Å². The molecule has 0 fully saturated rings. The summed E-state index contributed by atoms with van der Waals surface area (Å²) in [4.78, 5) is 6.55. The largest absolute Gasteiger partial charge is 0.673 e. The SMILES string of the molecule is F[B-](F)(F)F.N#[N+]c1ccc(Cl)nc1. The van der Waals surface area contributed by atoms with Crippen LogP contribution in [-0.4, -0.2) is 12.2 Å². The topological polar surface area (TPSA) is 41.0 Å². The van der Waals surface area contributed by atoms with Gasteiger partial charge in [0.25, 0.3) is 0 Å². The van der Waals surface area contributed by atoms with Crippen LogP contribution in [0.1, 0.15) is 0 Å².